The largest absolute Gasteiger partial charge is 0.381 e. The molecule has 1 nitrogen and oxygen atoms in total. The SMILES string of the molecule is COCC=C1CCCC(C)(C)C1C. The maximum absolute atomic E-state index is 5.08. The van der Waals surface area contributed by atoms with E-state index in [9.17, 15) is 0 Å². The number of rotatable bonds is 2. The Hall–Kier alpha value is -0.300. The molecule has 0 saturated heterocycles. The van der Waals surface area contributed by atoms with Gasteiger partial charge in [-0.25, -0.2) is 0 Å². The van der Waals surface area contributed by atoms with Crippen LogP contribution in [0.3, 0.4) is 0 Å². The third kappa shape index (κ3) is 2.57. The zero-order chi connectivity index (χ0) is 9.90. The Balaban J connectivity index is 2.65. The van der Waals surface area contributed by atoms with Crippen molar-refractivity contribution in [3.8, 4) is 0 Å². The van der Waals surface area contributed by atoms with E-state index < -0.39 is 0 Å². The molecular formula is C12H22O. The highest BCUT2D eigenvalue weighted by Crippen LogP contribution is 2.43. The summed E-state index contributed by atoms with van der Waals surface area (Å²) >= 11 is 0. The molecule has 0 radical (unpaired) electrons. The molecule has 0 aromatic rings. The molecule has 76 valence electrons. The van der Waals surface area contributed by atoms with Crippen molar-refractivity contribution in [1.82, 2.24) is 0 Å². The normalized spacial score (nSPS) is 30.8. The summed E-state index contributed by atoms with van der Waals surface area (Å²) in [4.78, 5) is 0. The van der Waals surface area contributed by atoms with Crippen LogP contribution in [0.2, 0.25) is 0 Å². The van der Waals surface area contributed by atoms with Crippen LogP contribution in [0.5, 0.6) is 0 Å². The maximum Gasteiger partial charge on any atom is 0.0646 e. The fraction of sp³-hybridized carbons (Fsp3) is 0.833. The lowest BCUT2D eigenvalue weighted by Gasteiger charge is -2.38. The summed E-state index contributed by atoms with van der Waals surface area (Å²) in [6.45, 7) is 7.87. The van der Waals surface area contributed by atoms with E-state index in [0.29, 0.717) is 5.41 Å². The van der Waals surface area contributed by atoms with Gasteiger partial charge in [0.1, 0.15) is 0 Å². The molecule has 0 aliphatic heterocycles. The van der Waals surface area contributed by atoms with Crippen molar-refractivity contribution in [2.24, 2.45) is 11.3 Å². The van der Waals surface area contributed by atoms with Gasteiger partial charge in [0.25, 0.3) is 0 Å². The standard InChI is InChI=1S/C12H22O/c1-10-11(7-9-13-4)6-5-8-12(10,2)3/h7,10H,5-6,8-9H2,1-4H3. The van der Waals surface area contributed by atoms with Crippen LogP contribution in [0.25, 0.3) is 0 Å². The minimum Gasteiger partial charge on any atom is -0.381 e. The second kappa shape index (κ2) is 4.28. The minimum absolute atomic E-state index is 0.484. The van der Waals surface area contributed by atoms with E-state index in [1.807, 2.05) is 0 Å². The van der Waals surface area contributed by atoms with Gasteiger partial charge in [-0.05, 0) is 30.6 Å². The predicted molar refractivity (Wildman–Crippen MR) is 56.8 cm³/mol. The molecule has 1 heteroatoms. The summed E-state index contributed by atoms with van der Waals surface area (Å²) in [5.41, 5.74) is 2.08. The number of methoxy groups -OCH3 is 1. The van der Waals surface area contributed by atoms with Crippen LogP contribution in [-0.4, -0.2) is 13.7 Å². The van der Waals surface area contributed by atoms with Crippen LogP contribution in [0, 0.1) is 11.3 Å². The van der Waals surface area contributed by atoms with Crippen LogP contribution in [0.4, 0.5) is 0 Å². The first-order chi connectivity index (χ1) is 6.08. The summed E-state index contributed by atoms with van der Waals surface area (Å²) in [7, 11) is 1.76. The van der Waals surface area contributed by atoms with Crippen LogP contribution >= 0.6 is 0 Å². The Bertz CT molecular complexity index is 191. The average molecular weight is 182 g/mol. The molecule has 1 aliphatic carbocycles. The maximum atomic E-state index is 5.08. The lowest BCUT2D eigenvalue weighted by atomic mass is 9.67. The van der Waals surface area contributed by atoms with E-state index in [-0.39, 0.29) is 0 Å². The van der Waals surface area contributed by atoms with Gasteiger partial charge in [0.05, 0.1) is 6.61 Å². The molecule has 0 N–H and O–H groups in total. The third-order valence-electron chi connectivity index (χ3n) is 3.53. The van der Waals surface area contributed by atoms with Crippen molar-refractivity contribution in [3.63, 3.8) is 0 Å². The van der Waals surface area contributed by atoms with Gasteiger partial charge in [-0.15, -0.1) is 0 Å². The van der Waals surface area contributed by atoms with E-state index in [1.54, 1.807) is 12.7 Å². The number of hydrogen-bond acceptors (Lipinski definition) is 1. The first kappa shape index (κ1) is 10.8. The monoisotopic (exact) mass is 182 g/mol. The second-order valence-corrected chi connectivity index (χ2v) is 4.80. The minimum atomic E-state index is 0.484. The lowest BCUT2D eigenvalue weighted by molar-refractivity contribution is 0.197. The van der Waals surface area contributed by atoms with Crippen LogP contribution < -0.4 is 0 Å². The van der Waals surface area contributed by atoms with Crippen molar-refractivity contribution in [3.05, 3.63) is 11.6 Å². The van der Waals surface area contributed by atoms with E-state index >= 15 is 0 Å². The molecule has 0 heterocycles. The summed E-state index contributed by atoms with van der Waals surface area (Å²) in [5.74, 6) is 0.719. The zero-order valence-electron chi connectivity index (χ0n) is 9.39. The molecular weight excluding hydrogens is 160 g/mol. The van der Waals surface area contributed by atoms with Gasteiger partial charge in [0, 0.05) is 7.11 Å². The molecule has 1 aliphatic rings. The molecule has 1 saturated carbocycles. The molecule has 1 atom stereocenters. The summed E-state index contributed by atoms with van der Waals surface area (Å²) < 4.78 is 5.08. The molecule has 0 amide bonds. The van der Waals surface area contributed by atoms with Gasteiger partial charge in [-0.3, -0.25) is 0 Å². The number of hydrogen-bond donors (Lipinski definition) is 0. The summed E-state index contributed by atoms with van der Waals surface area (Å²) in [5, 5.41) is 0. The quantitative estimate of drug-likeness (QED) is 0.595. The van der Waals surface area contributed by atoms with Crippen molar-refractivity contribution < 1.29 is 4.74 Å². The average Bonchev–Trinajstić information content (AvgIpc) is 2.08. The highest BCUT2D eigenvalue weighted by molar-refractivity contribution is 5.12. The fourth-order valence-corrected chi connectivity index (χ4v) is 2.15. The second-order valence-electron chi connectivity index (χ2n) is 4.80. The Morgan fingerprint density at radius 2 is 2.23 bits per heavy atom. The third-order valence-corrected chi connectivity index (χ3v) is 3.53. The van der Waals surface area contributed by atoms with E-state index in [2.05, 4.69) is 26.8 Å². The topological polar surface area (TPSA) is 9.23 Å². The smallest absolute Gasteiger partial charge is 0.0646 e. The van der Waals surface area contributed by atoms with Crippen LogP contribution in [0.1, 0.15) is 40.0 Å². The van der Waals surface area contributed by atoms with Crippen molar-refractivity contribution in [2.75, 3.05) is 13.7 Å². The fourth-order valence-electron chi connectivity index (χ4n) is 2.15. The van der Waals surface area contributed by atoms with E-state index in [0.717, 1.165) is 12.5 Å². The van der Waals surface area contributed by atoms with Gasteiger partial charge in [0.15, 0.2) is 0 Å². The van der Waals surface area contributed by atoms with Gasteiger partial charge in [-0.1, -0.05) is 32.4 Å². The molecule has 0 spiro atoms. The van der Waals surface area contributed by atoms with Crippen LogP contribution in [-0.2, 0) is 4.74 Å². The van der Waals surface area contributed by atoms with Gasteiger partial charge >= 0.3 is 0 Å². The highest BCUT2D eigenvalue weighted by Gasteiger charge is 2.31. The Morgan fingerprint density at radius 3 is 2.85 bits per heavy atom. The predicted octanol–water partition coefficient (Wildman–Crippen LogP) is 3.41. The number of ether oxygens (including phenoxy) is 1. The van der Waals surface area contributed by atoms with Gasteiger partial charge in [0.2, 0.25) is 0 Å². The van der Waals surface area contributed by atoms with Crippen molar-refractivity contribution >= 4 is 0 Å². The molecule has 1 rings (SSSR count). The molecule has 0 aromatic carbocycles. The van der Waals surface area contributed by atoms with Crippen LogP contribution in [0.15, 0.2) is 11.6 Å². The molecule has 13 heavy (non-hydrogen) atoms. The van der Waals surface area contributed by atoms with E-state index in [4.69, 9.17) is 4.74 Å². The molecule has 1 unspecified atom stereocenters. The molecule has 0 aromatic heterocycles. The Morgan fingerprint density at radius 1 is 1.54 bits per heavy atom. The van der Waals surface area contributed by atoms with Crippen molar-refractivity contribution in [2.45, 2.75) is 40.0 Å². The van der Waals surface area contributed by atoms with E-state index in [1.165, 1.54) is 19.3 Å². The van der Waals surface area contributed by atoms with Crippen molar-refractivity contribution in [1.29, 1.82) is 0 Å². The number of allylic oxidation sites excluding steroid dienone is 1. The Kier molecular flexibility index (Phi) is 3.55. The van der Waals surface area contributed by atoms with Gasteiger partial charge in [-0.2, -0.15) is 0 Å². The molecule has 1 fully saturated rings. The molecule has 0 bridgehead atoms. The summed E-state index contributed by atoms with van der Waals surface area (Å²) in [6.07, 6.45) is 6.24. The van der Waals surface area contributed by atoms with Gasteiger partial charge < -0.3 is 4.74 Å². The lowest BCUT2D eigenvalue weighted by Crippen LogP contribution is -2.27. The first-order valence-electron chi connectivity index (χ1n) is 5.26. The Labute approximate surface area is 82.2 Å². The summed E-state index contributed by atoms with van der Waals surface area (Å²) in [6, 6.07) is 0. The zero-order valence-corrected chi connectivity index (χ0v) is 9.39. The first-order valence-corrected chi connectivity index (χ1v) is 5.26. The highest BCUT2D eigenvalue weighted by atomic mass is 16.5.